The maximum atomic E-state index is 13.2. The molecular weight excluding hydrogens is 334 g/mol. The van der Waals surface area contributed by atoms with E-state index in [1.165, 1.54) is 22.2 Å². The van der Waals surface area contributed by atoms with Crippen LogP contribution in [-0.4, -0.2) is 29.0 Å². The van der Waals surface area contributed by atoms with Gasteiger partial charge in [-0.25, -0.2) is 0 Å². The molecule has 0 fully saturated rings. The Hall–Kier alpha value is -2.75. The molecule has 0 saturated carbocycles. The first kappa shape index (κ1) is 16.4. The molecule has 0 spiro atoms. The fourth-order valence-corrected chi connectivity index (χ4v) is 4.87. The summed E-state index contributed by atoms with van der Waals surface area (Å²) >= 11 is 0. The van der Waals surface area contributed by atoms with E-state index in [4.69, 9.17) is 0 Å². The molecule has 1 aromatic heterocycles. The first-order chi connectivity index (χ1) is 13.2. The predicted molar refractivity (Wildman–Crippen MR) is 109 cm³/mol. The highest BCUT2D eigenvalue weighted by molar-refractivity contribution is 6.02. The number of carbonyl (C=O) groups is 1. The van der Waals surface area contributed by atoms with Crippen molar-refractivity contribution < 1.29 is 4.79 Å². The van der Waals surface area contributed by atoms with Gasteiger partial charge in [0.2, 0.25) is 0 Å². The number of carbonyl (C=O) groups excluding carboxylic acids is 1. The van der Waals surface area contributed by atoms with E-state index >= 15 is 0 Å². The van der Waals surface area contributed by atoms with Gasteiger partial charge in [-0.1, -0.05) is 43.7 Å². The van der Waals surface area contributed by atoms with Crippen molar-refractivity contribution in [3.8, 4) is 0 Å². The van der Waals surface area contributed by atoms with Crippen LogP contribution in [-0.2, 0) is 13.0 Å². The summed E-state index contributed by atoms with van der Waals surface area (Å²) in [7, 11) is 2.12. The van der Waals surface area contributed by atoms with Crippen molar-refractivity contribution >= 4 is 22.5 Å². The fraction of sp³-hybridized carbons (Fsp3) is 0.348. The van der Waals surface area contributed by atoms with E-state index in [1.54, 1.807) is 0 Å². The molecule has 3 heterocycles. The van der Waals surface area contributed by atoms with Gasteiger partial charge in [0.25, 0.3) is 5.91 Å². The number of rotatable bonds is 3. The highest BCUT2D eigenvalue weighted by Gasteiger charge is 2.42. The summed E-state index contributed by atoms with van der Waals surface area (Å²) in [6.07, 6.45) is 3.20. The van der Waals surface area contributed by atoms with Crippen molar-refractivity contribution in [2.45, 2.75) is 38.9 Å². The zero-order valence-corrected chi connectivity index (χ0v) is 16.0. The Labute approximate surface area is 160 Å². The van der Waals surface area contributed by atoms with Gasteiger partial charge >= 0.3 is 0 Å². The maximum absolute atomic E-state index is 13.2. The van der Waals surface area contributed by atoms with Gasteiger partial charge in [-0.3, -0.25) is 4.79 Å². The van der Waals surface area contributed by atoms with Gasteiger partial charge < -0.3 is 14.4 Å². The van der Waals surface area contributed by atoms with Crippen LogP contribution in [0.2, 0.25) is 0 Å². The molecule has 1 amide bonds. The molecule has 2 aromatic carbocycles. The predicted octanol–water partition coefficient (Wildman–Crippen LogP) is 4.59. The minimum atomic E-state index is -0.0274. The summed E-state index contributed by atoms with van der Waals surface area (Å²) in [5.41, 5.74) is 5.88. The summed E-state index contributed by atoms with van der Waals surface area (Å²) in [5, 5.41) is 1.35. The van der Waals surface area contributed by atoms with Gasteiger partial charge in [-0.2, -0.15) is 0 Å². The molecule has 1 atom stereocenters. The SMILES string of the molecule is CCCCn1c2c(c3ccccc31)CCN1C(=O)c3ccccc3N(C)[C@H]21. The molecule has 2 aliphatic heterocycles. The molecule has 0 unspecified atom stereocenters. The Morgan fingerprint density at radius 3 is 2.70 bits per heavy atom. The molecule has 5 rings (SSSR count). The van der Waals surface area contributed by atoms with Gasteiger partial charge in [0, 0.05) is 31.0 Å². The molecule has 27 heavy (non-hydrogen) atoms. The van der Waals surface area contributed by atoms with Crippen molar-refractivity contribution in [2.75, 3.05) is 18.5 Å². The minimum absolute atomic E-state index is 0.0274. The molecule has 3 aromatic rings. The van der Waals surface area contributed by atoms with Gasteiger partial charge in [0.05, 0.1) is 16.9 Å². The van der Waals surface area contributed by atoms with E-state index in [9.17, 15) is 4.79 Å². The monoisotopic (exact) mass is 359 g/mol. The molecule has 2 aliphatic rings. The normalized spacial score (nSPS) is 18.4. The van der Waals surface area contributed by atoms with E-state index in [2.05, 4.69) is 58.7 Å². The van der Waals surface area contributed by atoms with Crippen LogP contribution in [0.5, 0.6) is 0 Å². The zero-order chi connectivity index (χ0) is 18.5. The van der Waals surface area contributed by atoms with Crippen LogP contribution >= 0.6 is 0 Å². The number of anilines is 1. The number of fused-ring (bicyclic) bond motifs is 6. The topological polar surface area (TPSA) is 28.5 Å². The second kappa shape index (κ2) is 6.15. The summed E-state index contributed by atoms with van der Waals surface area (Å²) in [6.45, 7) is 4.01. The Morgan fingerprint density at radius 1 is 1.07 bits per heavy atom. The first-order valence-electron chi connectivity index (χ1n) is 9.95. The molecule has 138 valence electrons. The highest BCUT2D eigenvalue weighted by Crippen LogP contribution is 2.44. The largest absolute Gasteiger partial charge is 0.349 e. The lowest BCUT2D eigenvalue weighted by Crippen LogP contribution is -2.51. The smallest absolute Gasteiger partial charge is 0.257 e. The Bertz CT molecular complexity index is 1040. The standard InChI is InChI=1S/C23H25N3O/c1-3-4-14-25-20-12-8-5-9-16(20)17-13-15-26-22(21(17)25)24(2)19-11-7-6-10-18(19)23(26)27/h5-12,22H,3-4,13-15H2,1-2H3/t22-/m0/s1. The zero-order valence-electron chi connectivity index (χ0n) is 16.0. The van der Waals surface area contributed by atoms with Crippen molar-refractivity contribution in [2.24, 2.45) is 0 Å². The van der Waals surface area contributed by atoms with E-state index < -0.39 is 0 Å². The summed E-state index contributed by atoms with van der Waals surface area (Å²) in [4.78, 5) is 17.6. The third-order valence-electron chi connectivity index (χ3n) is 6.14. The Kier molecular flexibility index (Phi) is 3.74. The lowest BCUT2D eigenvalue weighted by Gasteiger charge is -2.46. The van der Waals surface area contributed by atoms with Crippen molar-refractivity contribution in [1.82, 2.24) is 9.47 Å². The number of para-hydroxylation sites is 2. The van der Waals surface area contributed by atoms with Crippen LogP contribution in [0.3, 0.4) is 0 Å². The van der Waals surface area contributed by atoms with Crippen LogP contribution in [0, 0.1) is 0 Å². The summed E-state index contributed by atoms with van der Waals surface area (Å²) in [6, 6.07) is 16.7. The van der Waals surface area contributed by atoms with E-state index in [0.717, 1.165) is 43.6 Å². The van der Waals surface area contributed by atoms with E-state index in [0.29, 0.717) is 0 Å². The number of nitrogens with zero attached hydrogens (tertiary/aromatic N) is 3. The van der Waals surface area contributed by atoms with Gasteiger partial charge in [0.15, 0.2) is 0 Å². The lowest BCUT2D eigenvalue weighted by atomic mass is 9.96. The Morgan fingerprint density at radius 2 is 1.85 bits per heavy atom. The molecule has 0 aliphatic carbocycles. The average Bonchev–Trinajstić information content (AvgIpc) is 3.04. The van der Waals surface area contributed by atoms with E-state index in [1.807, 2.05) is 18.2 Å². The average molecular weight is 359 g/mol. The molecule has 0 radical (unpaired) electrons. The third kappa shape index (κ3) is 2.25. The molecule has 4 heteroatoms. The van der Waals surface area contributed by atoms with Crippen LogP contribution in [0.1, 0.15) is 47.5 Å². The molecular formula is C23H25N3O. The van der Waals surface area contributed by atoms with Gasteiger partial charge in [-0.15, -0.1) is 0 Å². The number of aryl methyl sites for hydroxylation is 1. The molecule has 0 N–H and O–H groups in total. The number of unbranched alkanes of at least 4 members (excludes halogenated alkanes) is 1. The second-order valence-electron chi connectivity index (χ2n) is 7.64. The van der Waals surface area contributed by atoms with Crippen LogP contribution in [0.25, 0.3) is 10.9 Å². The van der Waals surface area contributed by atoms with Crippen molar-refractivity contribution in [1.29, 1.82) is 0 Å². The summed E-state index contributed by atoms with van der Waals surface area (Å²) < 4.78 is 2.47. The number of hydrogen-bond donors (Lipinski definition) is 0. The first-order valence-corrected chi connectivity index (χ1v) is 9.95. The van der Waals surface area contributed by atoms with Crippen LogP contribution in [0.4, 0.5) is 5.69 Å². The van der Waals surface area contributed by atoms with E-state index in [-0.39, 0.29) is 12.1 Å². The minimum Gasteiger partial charge on any atom is -0.349 e. The summed E-state index contributed by atoms with van der Waals surface area (Å²) in [5.74, 6) is 0.159. The van der Waals surface area contributed by atoms with Crippen molar-refractivity contribution in [3.63, 3.8) is 0 Å². The van der Waals surface area contributed by atoms with Crippen LogP contribution in [0.15, 0.2) is 48.5 Å². The van der Waals surface area contributed by atoms with Gasteiger partial charge in [0.1, 0.15) is 6.17 Å². The molecule has 0 bridgehead atoms. The second-order valence-corrected chi connectivity index (χ2v) is 7.64. The number of hydrogen-bond acceptors (Lipinski definition) is 2. The van der Waals surface area contributed by atoms with Gasteiger partial charge in [-0.05, 0) is 36.6 Å². The molecule has 0 saturated heterocycles. The number of amides is 1. The highest BCUT2D eigenvalue weighted by atomic mass is 16.2. The maximum Gasteiger partial charge on any atom is 0.257 e. The molecule has 4 nitrogen and oxygen atoms in total. The number of benzene rings is 2. The number of aromatic nitrogens is 1. The lowest BCUT2D eigenvalue weighted by molar-refractivity contribution is 0.0629. The third-order valence-corrected chi connectivity index (χ3v) is 6.14. The van der Waals surface area contributed by atoms with Crippen molar-refractivity contribution in [3.05, 3.63) is 65.4 Å². The Balaban J connectivity index is 1.75. The fourth-order valence-electron chi connectivity index (χ4n) is 4.87. The quantitative estimate of drug-likeness (QED) is 0.684. The van der Waals surface area contributed by atoms with Crippen LogP contribution < -0.4 is 4.90 Å².